The average Bonchev–Trinajstić information content (AvgIpc) is 3.56. The molecule has 2 fully saturated rings. The van der Waals surface area contributed by atoms with Crippen LogP contribution in [0.2, 0.25) is 10.0 Å². The third-order valence-corrected chi connectivity index (χ3v) is 7.83. The number of likely N-dealkylation sites (tertiary alicyclic amines) is 1. The van der Waals surface area contributed by atoms with Crippen molar-refractivity contribution < 1.29 is 27.2 Å². The van der Waals surface area contributed by atoms with E-state index in [-0.39, 0.29) is 29.5 Å². The Bertz CT molecular complexity index is 1200. The van der Waals surface area contributed by atoms with Crippen LogP contribution < -0.4 is 16.0 Å². The number of hydrogen-bond acceptors (Lipinski definition) is 3. The zero-order valence-corrected chi connectivity index (χ0v) is 22.6. The zero-order valence-electron chi connectivity index (χ0n) is 21.1. The van der Waals surface area contributed by atoms with Crippen molar-refractivity contribution in [2.75, 3.05) is 31.5 Å². The predicted molar refractivity (Wildman–Crippen MR) is 143 cm³/mol. The molecule has 3 N–H and O–H groups in total. The fourth-order valence-corrected chi connectivity index (χ4v) is 5.21. The van der Waals surface area contributed by atoms with Gasteiger partial charge in [-0.15, -0.1) is 0 Å². The minimum Gasteiger partial charge on any atom is -0.356 e. The first-order chi connectivity index (χ1) is 18.5. The van der Waals surface area contributed by atoms with Crippen LogP contribution in [0.4, 0.5) is 28.0 Å². The summed E-state index contributed by atoms with van der Waals surface area (Å²) in [5, 5.41) is 9.12. The van der Waals surface area contributed by atoms with Gasteiger partial charge in [0, 0.05) is 37.3 Å². The van der Waals surface area contributed by atoms with E-state index in [2.05, 4.69) is 20.9 Å². The Morgan fingerprint density at radius 2 is 1.82 bits per heavy atom. The number of amides is 3. The molecule has 4 rings (SSSR count). The van der Waals surface area contributed by atoms with Gasteiger partial charge in [-0.3, -0.25) is 4.79 Å². The fourth-order valence-electron chi connectivity index (χ4n) is 4.90. The van der Waals surface area contributed by atoms with E-state index >= 15 is 0 Å². The molecule has 1 aliphatic carbocycles. The van der Waals surface area contributed by atoms with E-state index < -0.39 is 23.6 Å². The summed E-state index contributed by atoms with van der Waals surface area (Å²) in [5.41, 5.74) is -0.520. The van der Waals surface area contributed by atoms with E-state index in [1.54, 1.807) is 6.07 Å². The molecule has 1 saturated heterocycles. The lowest BCUT2D eigenvalue weighted by atomic mass is 10.1. The van der Waals surface area contributed by atoms with Gasteiger partial charge in [0.05, 0.1) is 15.6 Å². The highest BCUT2D eigenvalue weighted by Gasteiger charge is 2.43. The quantitative estimate of drug-likeness (QED) is 0.221. The second-order valence-electron chi connectivity index (χ2n) is 10.1. The van der Waals surface area contributed by atoms with Crippen LogP contribution in [0.15, 0.2) is 36.4 Å². The van der Waals surface area contributed by atoms with Crippen LogP contribution in [-0.4, -0.2) is 49.1 Å². The lowest BCUT2D eigenvalue weighted by Gasteiger charge is -2.17. The van der Waals surface area contributed by atoms with E-state index in [9.17, 15) is 27.2 Å². The average molecular weight is 589 g/mol. The molecule has 1 heterocycles. The molecule has 0 aromatic heterocycles. The number of anilines is 1. The number of carbonyl (C=O) groups is 2. The van der Waals surface area contributed by atoms with Gasteiger partial charge >= 0.3 is 12.2 Å². The predicted octanol–water partition coefficient (Wildman–Crippen LogP) is 6.44. The molecule has 2 aliphatic rings. The maximum Gasteiger partial charge on any atom is 0.419 e. The standard InChI is InChI=1S/C27H30Cl2F4N4O2/c28-22-6-4-16(12-23(22)29)19-14-20(19)25(38)34-9-2-1-3-10-37-11-8-18(15-37)36-26(39)35-17-5-7-24(30)21(13-17)27(31,32)33/h4-7,12-13,18-20H,1-3,8-11,14-15H2,(H,34,38)(H2,35,36,39)/t18-,19?,20?/m0/s1. The van der Waals surface area contributed by atoms with E-state index in [1.165, 1.54) is 0 Å². The molecular weight excluding hydrogens is 559 g/mol. The largest absolute Gasteiger partial charge is 0.419 e. The Labute approximate surface area is 234 Å². The number of benzene rings is 2. The maximum absolute atomic E-state index is 13.4. The molecule has 212 valence electrons. The SMILES string of the molecule is O=C(Nc1ccc(F)c(C(F)(F)F)c1)N[C@H]1CCN(CCCCCNC(=O)C2CC2c2ccc(Cl)c(Cl)c2)C1. The highest BCUT2D eigenvalue weighted by Crippen LogP contribution is 2.48. The van der Waals surface area contributed by atoms with Crippen molar-refractivity contribution in [1.29, 1.82) is 0 Å². The van der Waals surface area contributed by atoms with E-state index in [1.807, 2.05) is 12.1 Å². The van der Waals surface area contributed by atoms with Gasteiger partial charge in [-0.1, -0.05) is 35.7 Å². The van der Waals surface area contributed by atoms with Gasteiger partial charge < -0.3 is 20.9 Å². The summed E-state index contributed by atoms with van der Waals surface area (Å²) in [6, 6.07) is 7.08. The number of nitrogens with one attached hydrogen (secondary N) is 3. The van der Waals surface area contributed by atoms with Crippen molar-refractivity contribution in [3.05, 3.63) is 63.4 Å². The van der Waals surface area contributed by atoms with Crippen LogP contribution in [-0.2, 0) is 11.0 Å². The number of hydrogen-bond donors (Lipinski definition) is 3. The third kappa shape index (κ3) is 8.22. The molecule has 6 nitrogen and oxygen atoms in total. The molecule has 3 amide bonds. The molecule has 39 heavy (non-hydrogen) atoms. The Hall–Kier alpha value is -2.56. The molecule has 0 radical (unpaired) electrons. The van der Waals surface area contributed by atoms with Gasteiger partial charge in [0.1, 0.15) is 5.82 Å². The maximum atomic E-state index is 13.4. The normalized spacial score (nSPS) is 21.0. The van der Waals surface area contributed by atoms with E-state index in [4.69, 9.17) is 23.2 Å². The molecular formula is C27H30Cl2F4N4O2. The summed E-state index contributed by atoms with van der Waals surface area (Å²) in [6.45, 7) is 2.91. The smallest absolute Gasteiger partial charge is 0.356 e. The summed E-state index contributed by atoms with van der Waals surface area (Å²) in [7, 11) is 0. The van der Waals surface area contributed by atoms with Crippen molar-refractivity contribution in [2.45, 2.75) is 50.2 Å². The van der Waals surface area contributed by atoms with Crippen molar-refractivity contribution in [2.24, 2.45) is 5.92 Å². The summed E-state index contributed by atoms with van der Waals surface area (Å²) in [4.78, 5) is 26.9. The molecule has 1 aliphatic heterocycles. The minimum atomic E-state index is -4.84. The Morgan fingerprint density at radius 3 is 2.56 bits per heavy atom. The summed E-state index contributed by atoms with van der Waals surface area (Å²) < 4.78 is 52.0. The molecule has 0 spiro atoms. The summed E-state index contributed by atoms with van der Waals surface area (Å²) >= 11 is 12.0. The van der Waals surface area contributed by atoms with Crippen molar-refractivity contribution in [3.8, 4) is 0 Å². The van der Waals surface area contributed by atoms with Crippen LogP contribution in [0.25, 0.3) is 0 Å². The fraction of sp³-hybridized carbons (Fsp3) is 0.481. The summed E-state index contributed by atoms with van der Waals surface area (Å²) in [5.74, 6) is -1.17. The first-order valence-corrected chi connectivity index (χ1v) is 13.7. The molecule has 2 aromatic rings. The molecule has 12 heteroatoms. The highest BCUT2D eigenvalue weighted by atomic mass is 35.5. The minimum absolute atomic E-state index is 0.0248. The van der Waals surface area contributed by atoms with Crippen LogP contribution in [0, 0.1) is 11.7 Å². The van der Waals surface area contributed by atoms with E-state index in [0.29, 0.717) is 35.3 Å². The van der Waals surface area contributed by atoms with Crippen molar-refractivity contribution in [3.63, 3.8) is 0 Å². The second kappa shape index (κ2) is 12.7. The Morgan fingerprint density at radius 1 is 1.03 bits per heavy atom. The topological polar surface area (TPSA) is 73.5 Å². The molecule has 3 atom stereocenters. The zero-order chi connectivity index (χ0) is 28.2. The Kier molecular flexibility index (Phi) is 9.61. The van der Waals surface area contributed by atoms with Gasteiger partial charge in [0.15, 0.2) is 0 Å². The van der Waals surface area contributed by atoms with Crippen molar-refractivity contribution in [1.82, 2.24) is 15.5 Å². The number of nitrogens with zero attached hydrogens (tertiary/aromatic N) is 1. The number of rotatable bonds is 10. The highest BCUT2D eigenvalue weighted by molar-refractivity contribution is 6.42. The van der Waals surface area contributed by atoms with Crippen LogP contribution >= 0.6 is 23.2 Å². The molecule has 2 unspecified atom stereocenters. The van der Waals surface area contributed by atoms with Gasteiger partial charge in [-0.2, -0.15) is 13.2 Å². The molecule has 0 bridgehead atoms. The van der Waals surface area contributed by atoms with Gasteiger partial charge in [0.2, 0.25) is 5.91 Å². The number of carbonyl (C=O) groups excluding carboxylic acids is 2. The molecule has 1 saturated carbocycles. The third-order valence-electron chi connectivity index (χ3n) is 7.09. The van der Waals surface area contributed by atoms with E-state index in [0.717, 1.165) is 56.8 Å². The number of halogens is 6. The van der Waals surface area contributed by atoms with Crippen LogP contribution in [0.3, 0.4) is 0 Å². The monoisotopic (exact) mass is 588 g/mol. The van der Waals surface area contributed by atoms with Crippen LogP contribution in [0.1, 0.15) is 49.1 Å². The van der Waals surface area contributed by atoms with Gasteiger partial charge in [-0.05, 0) is 74.0 Å². The second-order valence-corrected chi connectivity index (χ2v) is 10.9. The first kappa shape index (κ1) is 29.4. The Balaban J connectivity index is 1.07. The number of urea groups is 1. The number of unbranched alkanes of at least 4 members (excludes halogenated alkanes) is 2. The van der Waals surface area contributed by atoms with Gasteiger partial charge in [0.25, 0.3) is 0 Å². The molecule has 2 aromatic carbocycles. The summed E-state index contributed by atoms with van der Waals surface area (Å²) in [6.07, 6.45) is -0.552. The number of alkyl halides is 3. The lowest BCUT2D eigenvalue weighted by molar-refractivity contribution is -0.140. The lowest BCUT2D eigenvalue weighted by Crippen LogP contribution is -2.39. The first-order valence-electron chi connectivity index (χ1n) is 12.9. The van der Waals surface area contributed by atoms with Crippen LogP contribution in [0.5, 0.6) is 0 Å². The van der Waals surface area contributed by atoms with Gasteiger partial charge in [-0.25, -0.2) is 9.18 Å². The van der Waals surface area contributed by atoms with Crippen molar-refractivity contribution >= 4 is 40.8 Å².